The monoisotopic (exact) mass is 260 g/mol. The lowest BCUT2D eigenvalue weighted by molar-refractivity contribution is 0.0678. The van der Waals surface area contributed by atoms with Gasteiger partial charge in [-0.1, -0.05) is 18.2 Å². The van der Waals surface area contributed by atoms with Crippen LogP contribution >= 0.6 is 0 Å². The first-order valence-corrected chi connectivity index (χ1v) is 7.39. The van der Waals surface area contributed by atoms with E-state index in [1.165, 1.54) is 38.0 Å². The minimum absolute atomic E-state index is 0.349. The highest BCUT2D eigenvalue weighted by Gasteiger charge is 2.34. The van der Waals surface area contributed by atoms with Crippen molar-refractivity contribution in [3.8, 4) is 5.75 Å². The van der Waals surface area contributed by atoms with Gasteiger partial charge in [0.1, 0.15) is 5.75 Å². The zero-order chi connectivity index (χ0) is 13.2. The van der Waals surface area contributed by atoms with E-state index in [-0.39, 0.29) is 0 Å². The number of para-hydroxylation sites is 1. The first-order chi connectivity index (χ1) is 9.28. The molecule has 0 aromatic heterocycles. The molecule has 3 saturated heterocycles. The third kappa shape index (κ3) is 2.63. The van der Waals surface area contributed by atoms with E-state index in [4.69, 9.17) is 4.74 Å². The largest absolute Gasteiger partial charge is 0.496 e. The predicted molar refractivity (Wildman–Crippen MR) is 77.5 cm³/mol. The molecular weight excluding hydrogens is 236 g/mol. The lowest BCUT2D eigenvalue weighted by atomic mass is 9.83. The Hall–Kier alpha value is -1.06. The molecule has 3 aliphatic rings. The molecule has 3 heterocycles. The van der Waals surface area contributed by atoms with Crippen molar-refractivity contribution in [3.05, 3.63) is 29.8 Å². The van der Waals surface area contributed by atoms with Crippen LogP contribution in [0.4, 0.5) is 0 Å². The SMILES string of the molecule is COc1ccccc1[C@H](C)NC1CN2CCC1CC2. The molecule has 1 aromatic rings. The number of hydrogen-bond acceptors (Lipinski definition) is 3. The molecule has 0 saturated carbocycles. The predicted octanol–water partition coefficient (Wildman–Crippen LogP) is 2.44. The van der Waals surface area contributed by atoms with Crippen LogP contribution in [0.1, 0.15) is 31.4 Å². The number of hydrogen-bond donors (Lipinski definition) is 1. The van der Waals surface area contributed by atoms with E-state index < -0.39 is 0 Å². The summed E-state index contributed by atoms with van der Waals surface area (Å²) in [5.41, 5.74) is 1.27. The van der Waals surface area contributed by atoms with Crippen LogP contribution in [0.2, 0.25) is 0 Å². The Labute approximate surface area is 115 Å². The number of nitrogens with zero attached hydrogens (tertiary/aromatic N) is 1. The van der Waals surface area contributed by atoms with Gasteiger partial charge in [0.05, 0.1) is 7.11 Å². The van der Waals surface area contributed by atoms with E-state index in [0.29, 0.717) is 12.1 Å². The van der Waals surface area contributed by atoms with Crippen LogP contribution < -0.4 is 10.1 Å². The maximum Gasteiger partial charge on any atom is 0.123 e. The number of rotatable bonds is 4. The molecule has 1 aromatic carbocycles. The summed E-state index contributed by atoms with van der Waals surface area (Å²) in [7, 11) is 1.75. The van der Waals surface area contributed by atoms with Crippen molar-refractivity contribution in [3.63, 3.8) is 0 Å². The molecule has 3 fully saturated rings. The maximum atomic E-state index is 5.47. The molecule has 3 nitrogen and oxygen atoms in total. The Bertz CT molecular complexity index is 427. The summed E-state index contributed by atoms with van der Waals surface area (Å²) in [5, 5.41) is 3.82. The van der Waals surface area contributed by atoms with Crippen molar-refractivity contribution in [2.75, 3.05) is 26.7 Å². The van der Waals surface area contributed by atoms with Crippen LogP contribution in [0.3, 0.4) is 0 Å². The smallest absolute Gasteiger partial charge is 0.123 e. The number of piperidine rings is 3. The summed E-state index contributed by atoms with van der Waals surface area (Å²) in [5.74, 6) is 1.85. The fraction of sp³-hybridized carbons (Fsp3) is 0.625. The lowest BCUT2D eigenvalue weighted by Gasteiger charge is -2.46. The molecule has 0 spiro atoms. The first-order valence-electron chi connectivity index (χ1n) is 7.39. The number of fused-ring (bicyclic) bond motifs is 3. The second-order valence-electron chi connectivity index (χ2n) is 5.87. The zero-order valence-electron chi connectivity index (χ0n) is 11.9. The summed E-state index contributed by atoms with van der Waals surface area (Å²) in [6, 6.07) is 9.32. The van der Waals surface area contributed by atoms with E-state index >= 15 is 0 Å². The van der Waals surface area contributed by atoms with Gasteiger partial charge in [-0.3, -0.25) is 0 Å². The minimum atomic E-state index is 0.349. The molecule has 0 amide bonds. The highest BCUT2D eigenvalue weighted by molar-refractivity contribution is 5.35. The van der Waals surface area contributed by atoms with Gasteiger partial charge in [0, 0.05) is 24.2 Å². The van der Waals surface area contributed by atoms with E-state index in [9.17, 15) is 0 Å². The van der Waals surface area contributed by atoms with Crippen molar-refractivity contribution in [1.82, 2.24) is 10.2 Å². The summed E-state index contributed by atoms with van der Waals surface area (Å²) >= 11 is 0. The first kappa shape index (κ1) is 12.9. The highest BCUT2D eigenvalue weighted by atomic mass is 16.5. The van der Waals surface area contributed by atoms with Gasteiger partial charge >= 0.3 is 0 Å². The molecule has 0 radical (unpaired) electrons. The van der Waals surface area contributed by atoms with Crippen molar-refractivity contribution in [2.24, 2.45) is 5.92 Å². The standard InChI is InChI=1S/C16H24N2O/c1-12(14-5-3-4-6-16(14)19-2)17-15-11-18-9-7-13(15)8-10-18/h3-6,12-13,15,17H,7-11H2,1-2H3/t12-,15?/m0/s1. The quantitative estimate of drug-likeness (QED) is 0.900. The molecule has 1 unspecified atom stereocenters. The third-order valence-corrected chi connectivity index (χ3v) is 4.73. The number of ether oxygens (including phenoxy) is 1. The summed E-state index contributed by atoms with van der Waals surface area (Å²) < 4.78 is 5.47. The number of methoxy groups -OCH3 is 1. The van der Waals surface area contributed by atoms with E-state index in [1.807, 2.05) is 12.1 Å². The fourth-order valence-corrected chi connectivity index (χ4v) is 3.59. The topological polar surface area (TPSA) is 24.5 Å². The Morgan fingerprint density at radius 3 is 2.63 bits per heavy atom. The average molecular weight is 260 g/mol. The molecule has 104 valence electrons. The zero-order valence-corrected chi connectivity index (χ0v) is 11.9. The van der Waals surface area contributed by atoms with Gasteiger partial charge in [-0.25, -0.2) is 0 Å². The van der Waals surface area contributed by atoms with Crippen LogP contribution in [0.15, 0.2) is 24.3 Å². The molecule has 0 aliphatic carbocycles. The Morgan fingerprint density at radius 2 is 2.00 bits per heavy atom. The summed E-state index contributed by atoms with van der Waals surface area (Å²) in [4.78, 5) is 2.59. The maximum absolute atomic E-state index is 5.47. The number of nitrogens with one attached hydrogen (secondary N) is 1. The van der Waals surface area contributed by atoms with Gasteiger partial charge in [-0.2, -0.15) is 0 Å². The Balaban J connectivity index is 1.69. The van der Waals surface area contributed by atoms with Crippen LogP contribution in [0, 0.1) is 5.92 Å². The minimum Gasteiger partial charge on any atom is -0.496 e. The molecule has 19 heavy (non-hydrogen) atoms. The summed E-state index contributed by atoms with van der Waals surface area (Å²) in [6.07, 6.45) is 2.71. The van der Waals surface area contributed by atoms with Gasteiger partial charge in [0.2, 0.25) is 0 Å². The normalized spacial score (nSPS) is 31.2. The molecule has 1 N–H and O–H groups in total. The highest BCUT2D eigenvalue weighted by Crippen LogP contribution is 2.31. The van der Waals surface area contributed by atoms with Crippen LogP contribution in [0.25, 0.3) is 0 Å². The second kappa shape index (κ2) is 5.51. The van der Waals surface area contributed by atoms with Crippen LogP contribution in [0.5, 0.6) is 5.75 Å². The van der Waals surface area contributed by atoms with Gasteiger partial charge in [-0.15, -0.1) is 0 Å². The van der Waals surface area contributed by atoms with E-state index in [0.717, 1.165) is 11.7 Å². The molecule has 3 aliphatic heterocycles. The van der Waals surface area contributed by atoms with Crippen molar-refractivity contribution in [1.29, 1.82) is 0 Å². The second-order valence-corrected chi connectivity index (χ2v) is 5.87. The number of benzene rings is 1. The third-order valence-electron chi connectivity index (χ3n) is 4.73. The van der Waals surface area contributed by atoms with Gasteiger partial charge in [-0.05, 0) is 44.8 Å². The van der Waals surface area contributed by atoms with Crippen molar-refractivity contribution < 1.29 is 4.74 Å². The molecular formula is C16H24N2O. The van der Waals surface area contributed by atoms with Crippen LogP contribution in [-0.2, 0) is 0 Å². The van der Waals surface area contributed by atoms with Crippen LogP contribution in [-0.4, -0.2) is 37.7 Å². The molecule has 2 atom stereocenters. The van der Waals surface area contributed by atoms with Gasteiger partial charge in [0.15, 0.2) is 0 Å². The van der Waals surface area contributed by atoms with Gasteiger partial charge < -0.3 is 15.0 Å². The summed E-state index contributed by atoms with van der Waals surface area (Å²) in [6.45, 7) is 6.05. The lowest BCUT2D eigenvalue weighted by Crippen LogP contribution is -2.56. The molecule has 3 heteroatoms. The van der Waals surface area contributed by atoms with Crippen molar-refractivity contribution >= 4 is 0 Å². The Morgan fingerprint density at radius 1 is 1.26 bits per heavy atom. The van der Waals surface area contributed by atoms with E-state index in [2.05, 4.69) is 29.3 Å². The molecule has 2 bridgehead atoms. The molecule has 4 rings (SSSR count). The van der Waals surface area contributed by atoms with E-state index in [1.54, 1.807) is 7.11 Å². The Kier molecular flexibility index (Phi) is 3.76. The van der Waals surface area contributed by atoms with Crippen molar-refractivity contribution in [2.45, 2.75) is 31.8 Å². The van der Waals surface area contributed by atoms with Gasteiger partial charge in [0.25, 0.3) is 0 Å². The average Bonchev–Trinajstić information content (AvgIpc) is 2.48. The fourth-order valence-electron chi connectivity index (χ4n) is 3.59.